The van der Waals surface area contributed by atoms with Gasteiger partial charge in [-0.3, -0.25) is 13.9 Å². The van der Waals surface area contributed by atoms with Gasteiger partial charge in [0.15, 0.2) is 5.78 Å². The van der Waals surface area contributed by atoms with E-state index in [1.54, 1.807) is 61.5 Å². The van der Waals surface area contributed by atoms with Gasteiger partial charge in [-0.1, -0.05) is 60.2 Å². The van der Waals surface area contributed by atoms with Gasteiger partial charge >= 0.3 is 0 Å². The molecule has 7 heteroatoms. The quantitative estimate of drug-likeness (QED) is 0.474. The Bertz CT molecular complexity index is 1190. The summed E-state index contributed by atoms with van der Waals surface area (Å²) in [5, 5.41) is 2.67. The number of amides is 1. The van der Waals surface area contributed by atoms with Crippen LogP contribution in [0.5, 0.6) is 0 Å². The predicted molar refractivity (Wildman–Crippen MR) is 126 cm³/mol. The van der Waals surface area contributed by atoms with Crippen LogP contribution >= 0.6 is 0 Å². The molecule has 3 aromatic carbocycles. The summed E-state index contributed by atoms with van der Waals surface area (Å²) < 4.78 is 28.0. The van der Waals surface area contributed by atoms with Crippen molar-refractivity contribution in [2.24, 2.45) is 0 Å². The number of Topliss-reactive ketones (excluding diaryl/α,β-unsaturated/α-hetero) is 1. The maximum absolute atomic E-state index is 13.4. The number of anilines is 2. The van der Waals surface area contributed by atoms with Crippen molar-refractivity contribution in [1.29, 1.82) is 0 Å². The number of carbonyl (C=O) groups excluding carboxylic acids is 2. The third-order valence-electron chi connectivity index (χ3n) is 5.01. The first-order valence-electron chi connectivity index (χ1n) is 10.4. The molecule has 0 aliphatic rings. The lowest BCUT2D eigenvalue weighted by atomic mass is 10.0. The van der Waals surface area contributed by atoms with Gasteiger partial charge in [-0.25, -0.2) is 8.42 Å². The number of para-hydroxylation sites is 2. The normalized spacial score (nSPS) is 11.1. The van der Waals surface area contributed by atoms with E-state index in [2.05, 4.69) is 5.32 Å². The van der Waals surface area contributed by atoms with Crippen LogP contribution in [0.2, 0.25) is 0 Å². The molecule has 0 fully saturated rings. The lowest BCUT2D eigenvalue weighted by Crippen LogP contribution is -2.31. The van der Waals surface area contributed by atoms with Crippen LogP contribution in [-0.2, 0) is 14.8 Å². The predicted octanol–water partition coefficient (Wildman–Crippen LogP) is 4.81. The first-order valence-corrected chi connectivity index (χ1v) is 11.8. The van der Waals surface area contributed by atoms with Crippen molar-refractivity contribution >= 4 is 33.1 Å². The van der Waals surface area contributed by atoms with E-state index in [0.717, 1.165) is 5.56 Å². The molecular formula is C25H26N2O4S. The average molecular weight is 451 g/mol. The summed E-state index contributed by atoms with van der Waals surface area (Å²) in [6.07, 6.45) is -0.00776. The van der Waals surface area contributed by atoms with Gasteiger partial charge in [0.2, 0.25) is 5.91 Å². The van der Waals surface area contributed by atoms with Crippen molar-refractivity contribution in [1.82, 2.24) is 0 Å². The summed E-state index contributed by atoms with van der Waals surface area (Å²) in [7, 11) is -3.91. The number of nitrogens with one attached hydrogen (secondary N) is 1. The average Bonchev–Trinajstić information content (AvgIpc) is 2.79. The fourth-order valence-corrected chi connectivity index (χ4v) is 4.95. The molecule has 1 N–H and O–H groups in total. The second-order valence-corrected chi connectivity index (χ2v) is 9.17. The Morgan fingerprint density at radius 2 is 1.47 bits per heavy atom. The Balaban J connectivity index is 1.75. The van der Waals surface area contributed by atoms with E-state index in [0.29, 0.717) is 11.3 Å². The number of aryl methyl sites for hydroxylation is 1. The minimum Gasteiger partial charge on any atom is -0.325 e. The van der Waals surface area contributed by atoms with Gasteiger partial charge in [-0.15, -0.1) is 0 Å². The Morgan fingerprint density at radius 3 is 2.12 bits per heavy atom. The number of rotatable bonds is 9. The minimum absolute atomic E-state index is 0.00362. The summed E-state index contributed by atoms with van der Waals surface area (Å²) in [6.45, 7) is 3.92. The number of carbonyl (C=O) groups is 2. The van der Waals surface area contributed by atoms with E-state index in [4.69, 9.17) is 0 Å². The lowest BCUT2D eigenvalue weighted by molar-refractivity contribution is -0.116. The summed E-state index contributed by atoms with van der Waals surface area (Å²) in [5.74, 6) is -0.557. The van der Waals surface area contributed by atoms with Crippen LogP contribution in [-0.4, -0.2) is 26.7 Å². The van der Waals surface area contributed by atoms with Gasteiger partial charge in [0.25, 0.3) is 10.0 Å². The van der Waals surface area contributed by atoms with Crippen LogP contribution in [0.1, 0.15) is 35.7 Å². The highest BCUT2D eigenvalue weighted by atomic mass is 32.2. The Hall–Kier alpha value is -3.45. The lowest BCUT2D eigenvalue weighted by Gasteiger charge is -2.24. The van der Waals surface area contributed by atoms with E-state index < -0.39 is 15.9 Å². The largest absolute Gasteiger partial charge is 0.325 e. The molecule has 3 aromatic rings. The molecule has 0 bridgehead atoms. The molecule has 0 aliphatic carbocycles. The van der Waals surface area contributed by atoms with Crippen molar-refractivity contribution < 1.29 is 18.0 Å². The van der Waals surface area contributed by atoms with E-state index in [1.165, 1.54) is 10.4 Å². The highest BCUT2D eigenvalue weighted by Crippen LogP contribution is 2.28. The van der Waals surface area contributed by atoms with E-state index >= 15 is 0 Å². The van der Waals surface area contributed by atoms with Crippen LogP contribution in [0.3, 0.4) is 0 Å². The number of benzene rings is 3. The molecule has 0 unspecified atom stereocenters. The summed E-state index contributed by atoms with van der Waals surface area (Å²) in [4.78, 5) is 24.9. The topological polar surface area (TPSA) is 83.6 Å². The number of hydrogen-bond donors (Lipinski definition) is 1. The molecule has 0 atom stereocenters. The van der Waals surface area contributed by atoms with Crippen LogP contribution < -0.4 is 9.62 Å². The van der Waals surface area contributed by atoms with Crippen molar-refractivity contribution in [2.75, 3.05) is 16.2 Å². The summed E-state index contributed by atoms with van der Waals surface area (Å²) >= 11 is 0. The second-order valence-electron chi connectivity index (χ2n) is 7.34. The van der Waals surface area contributed by atoms with Crippen molar-refractivity contribution in [2.45, 2.75) is 31.6 Å². The second kappa shape index (κ2) is 10.2. The minimum atomic E-state index is -3.91. The van der Waals surface area contributed by atoms with Gasteiger partial charge < -0.3 is 5.32 Å². The molecule has 0 radical (unpaired) electrons. The standard InChI is InChI=1S/C25H26N2O4S/c1-3-27(21-9-5-4-6-10-21)32(30,31)24-12-8-7-11-22(24)26-25(29)18-17-23(28)20-15-13-19(2)14-16-20/h4-16H,3,17-18H2,1-2H3,(H,26,29). The summed E-state index contributed by atoms with van der Waals surface area (Å²) in [5.41, 5.74) is 2.33. The van der Waals surface area contributed by atoms with Crippen molar-refractivity contribution in [3.05, 3.63) is 90.0 Å². The zero-order valence-electron chi connectivity index (χ0n) is 18.1. The first kappa shape index (κ1) is 23.2. The molecule has 0 spiro atoms. The fraction of sp³-hybridized carbons (Fsp3) is 0.200. The zero-order chi connectivity index (χ0) is 23.1. The molecule has 6 nitrogen and oxygen atoms in total. The third-order valence-corrected chi connectivity index (χ3v) is 6.97. The molecule has 32 heavy (non-hydrogen) atoms. The maximum atomic E-state index is 13.4. The maximum Gasteiger partial charge on any atom is 0.266 e. The molecule has 0 saturated heterocycles. The molecule has 1 amide bonds. The van der Waals surface area contributed by atoms with Gasteiger partial charge in [-0.05, 0) is 38.1 Å². The highest BCUT2D eigenvalue weighted by Gasteiger charge is 2.26. The third kappa shape index (κ3) is 5.42. The van der Waals surface area contributed by atoms with Crippen LogP contribution in [0.4, 0.5) is 11.4 Å². The smallest absolute Gasteiger partial charge is 0.266 e. The molecular weight excluding hydrogens is 424 g/mol. The van der Waals surface area contributed by atoms with E-state index in [9.17, 15) is 18.0 Å². The van der Waals surface area contributed by atoms with Crippen LogP contribution in [0.15, 0.2) is 83.8 Å². The number of ketones is 1. The zero-order valence-corrected chi connectivity index (χ0v) is 18.9. The van der Waals surface area contributed by atoms with Crippen LogP contribution in [0.25, 0.3) is 0 Å². The SMILES string of the molecule is CCN(c1ccccc1)S(=O)(=O)c1ccccc1NC(=O)CCC(=O)c1ccc(C)cc1. The Labute approximate surface area is 188 Å². The van der Waals surface area contributed by atoms with Gasteiger partial charge in [0, 0.05) is 24.9 Å². The molecule has 0 aromatic heterocycles. The van der Waals surface area contributed by atoms with Gasteiger partial charge in [-0.2, -0.15) is 0 Å². The van der Waals surface area contributed by atoms with E-state index in [1.807, 2.05) is 25.1 Å². The van der Waals surface area contributed by atoms with Crippen molar-refractivity contribution in [3.63, 3.8) is 0 Å². The van der Waals surface area contributed by atoms with Gasteiger partial charge in [0.05, 0.1) is 11.4 Å². The highest BCUT2D eigenvalue weighted by molar-refractivity contribution is 7.93. The summed E-state index contributed by atoms with van der Waals surface area (Å²) in [6, 6.07) is 22.3. The number of hydrogen-bond acceptors (Lipinski definition) is 4. The first-order chi connectivity index (χ1) is 15.3. The Kier molecular flexibility index (Phi) is 7.43. The molecule has 0 saturated carbocycles. The molecule has 0 aliphatic heterocycles. The molecule has 0 heterocycles. The molecule has 3 rings (SSSR count). The van der Waals surface area contributed by atoms with Crippen molar-refractivity contribution in [3.8, 4) is 0 Å². The number of nitrogens with zero attached hydrogens (tertiary/aromatic N) is 1. The fourth-order valence-electron chi connectivity index (χ4n) is 3.32. The van der Waals surface area contributed by atoms with Gasteiger partial charge in [0.1, 0.15) is 4.90 Å². The number of sulfonamides is 1. The molecule has 166 valence electrons. The van der Waals surface area contributed by atoms with Crippen LogP contribution in [0, 0.1) is 6.92 Å². The van der Waals surface area contributed by atoms with E-state index in [-0.39, 0.29) is 35.8 Å². The Morgan fingerprint density at radius 1 is 0.844 bits per heavy atom. The monoisotopic (exact) mass is 450 g/mol.